The summed E-state index contributed by atoms with van der Waals surface area (Å²) in [6.45, 7) is 6.81. The van der Waals surface area contributed by atoms with Crippen LogP contribution in [-0.4, -0.2) is 40.6 Å². The summed E-state index contributed by atoms with van der Waals surface area (Å²) < 4.78 is 0. The molecule has 0 aromatic heterocycles. The van der Waals surface area contributed by atoms with Gasteiger partial charge in [0.05, 0.1) is 11.6 Å². The maximum Gasteiger partial charge on any atom is 0.241 e. The Bertz CT molecular complexity index is 514. The maximum atomic E-state index is 12.3. The van der Waals surface area contributed by atoms with Crippen LogP contribution in [0.5, 0.6) is 0 Å². The molecule has 0 aliphatic carbocycles. The molecule has 1 aromatic rings. The summed E-state index contributed by atoms with van der Waals surface area (Å²) in [6.07, 6.45) is 0.696. The smallest absolute Gasteiger partial charge is 0.241 e. The molecular formula is C15H23N3O2. The minimum Gasteiger partial charge on any atom is -0.398 e. The number of benzene rings is 1. The third kappa shape index (κ3) is 3.11. The van der Waals surface area contributed by atoms with Crippen molar-refractivity contribution in [3.63, 3.8) is 0 Å². The van der Waals surface area contributed by atoms with E-state index in [1.54, 1.807) is 6.92 Å². The average molecular weight is 277 g/mol. The molecule has 20 heavy (non-hydrogen) atoms. The Hall–Kier alpha value is -1.59. The van der Waals surface area contributed by atoms with Crippen LogP contribution in [0.4, 0.5) is 11.4 Å². The number of carbonyl (C=O) groups excluding carboxylic acids is 1. The predicted molar refractivity (Wildman–Crippen MR) is 80.5 cm³/mol. The highest BCUT2D eigenvalue weighted by molar-refractivity contribution is 5.95. The quantitative estimate of drug-likeness (QED) is 0.729. The summed E-state index contributed by atoms with van der Waals surface area (Å²) in [5.74, 6) is -0.0728. The molecule has 5 nitrogen and oxygen atoms in total. The van der Waals surface area contributed by atoms with Crippen LogP contribution >= 0.6 is 0 Å². The lowest BCUT2D eigenvalue weighted by Crippen LogP contribution is -2.42. The lowest BCUT2D eigenvalue weighted by atomic mass is 10.1. The van der Waals surface area contributed by atoms with E-state index in [-0.39, 0.29) is 11.9 Å². The number of nitrogens with two attached hydrogens (primary N) is 1. The van der Waals surface area contributed by atoms with E-state index in [9.17, 15) is 9.90 Å². The number of nitrogen functional groups attached to an aromatic ring is 1. The Kier molecular flexibility index (Phi) is 4.01. The minimum absolute atomic E-state index is 0.0728. The number of carbonyl (C=O) groups is 1. The van der Waals surface area contributed by atoms with E-state index in [1.807, 2.05) is 36.9 Å². The van der Waals surface area contributed by atoms with Crippen LogP contribution in [0.3, 0.4) is 0 Å². The minimum atomic E-state index is -0.693. The number of hydrogen-bond acceptors (Lipinski definition) is 4. The van der Waals surface area contributed by atoms with Gasteiger partial charge in [-0.25, -0.2) is 0 Å². The van der Waals surface area contributed by atoms with Crippen molar-refractivity contribution < 1.29 is 9.90 Å². The van der Waals surface area contributed by atoms with Crippen LogP contribution < -0.4 is 11.1 Å². The molecule has 0 bridgehead atoms. The summed E-state index contributed by atoms with van der Waals surface area (Å²) in [7, 11) is 0. The fraction of sp³-hybridized carbons (Fsp3) is 0.533. The van der Waals surface area contributed by atoms with Crippen molar-refractivity contribution in [3.8, 4) is 0 Å². The molecule has 0 saturated carbocycles. The van der Waals surface area contributed by atoms with Gasteiger partial charge in [0.2, 0.25) is 5.91 Å². The molecule has 0 radical (unpaired) electrons. The Morgan fingerprint density at radius 3 is 2.85 bits per heavy atom. The van der Waals surface area contributed by atoms with E-state index in [0.717, 1.165) is 17.8 Å². The fourth-order valence-corrected chi connectivity index (χ4v) is 2.50. The van der Waals surface area contributed by atoms with Crippen molar-refractivity contribution in [3.05, 3.63) is 23.8 Å². The Labute approximate surface area is 119 Å². The molecule has 1 saturated heterocycles. The predicted octanol–water partition coefficient (Wildman–Crippen LogP) is 1.36. The van der Waals surface area contributed by atoms with Crippen LogP contribution in [0.25, 0.3) is 0 Å². The van der Waals surface area contributed by atoms with Crippen LogP contribution in [0.2, 0.25) is 0 Å². The number of aliphatic hydroxyl groups is 1. The Morgan fingerprint density at radius 2 is 2.25 bits per heavy atom. The van der Waals surface area contributed by atoms with Crippen molar-refractivity contribution in [2.45, 2.75) is 38.8 Å². The molecule has 2 rings (SSSR count). The van der Waals surface area contributed by atoms with Crippen molar-refractivity contribution in [1.82, 2.24) is 4.90 Å². The number of β-amino-alcohol motifs (C(OH)–C–C–N with tert-alkyl or cyclic N) is 1. The summed E-state index contributed by atoms with van der Waals surface area (Å²) in [5, 5.41) is 12.9. The van der Waals surface area contributed by atoms with Gasteiger partial charge in [0.25, 0.3) is 0 Å². The second-order valence-electron chi connectivity index (χ2n) is 5.90. The zero-order valence-electron chi connectivity index (χ0n) is 12.3. The van der Waals surface area contributed by atoms with Gasteiger partial charge >= 0.3 is 0 Å². The van der Waals surface area contributed by atoms with Crippen molar-refractivity contribution >= 4 is 17.3 Å². The van der Waals surface area contributed by atoms with Crippen LogP contribution in [0.15, 0.2) is 18.2 Å². The SMILES string of the molecule is Cc1c(N)cccc1NC(=O)C(C)N1CCC(C)(O)C1. The second-order valence-corrected chi connectivity index (χ2v) is 5.90. The number of anilines is 2. The maximum absolute atomic E-state index is 12.3. The van der Waals surface area contributed by atoms with Crippen LogP contribution in [0.1, 0.15) is 25.8 Å². The first-order valence-electron chi connectivity index (χ1n) is 6.92. The highest BCUT2D eigenvalue weighted by atomic mass is 16.3. The number of nitrogens with one attached hydrogen (secondary N) is 1. The Balaban J connectivity index is 2.03. The number of rotatable bonds is 3. The van der Waals surface area contributed by atoms with Crippen molar-refractivity contribution in [2.75, 3.05) is 24.1 Å². The molecule has 4 N–H and O–H groups in total. The van der Waals surface area contributed by atoms with Gasteiger partial charge in [0, 0.05) is 24.5 Å². The lowest BCUT2D eigenvalue weighted by Gasteiger charge is -2.25. The Morgan fingerprint density at radius 1 is 1.55 bits per heavy atom. The van der Waals surface area contributed by atoms with E-state index in [2.05, 4.69) is 5.32 Å². The van der Waals surface area contributed by atoms with Crippen LogP contribution in [0, 0.1) is 6.92 Å². The summed E-state index contributed by atoms with van der Waals surface area (Å²) in [6, 6.07) is 5.20. The van der Waals surface area contributed by atoms with Gasteiger partial charge < -0.3 is 16.2 Å². The zero-order chi connectivity index (χ0) is 14.9. The van der Waals surface area contributed by atoms with Crippen LogP contribution in [-0.2, 0) is 4.79 Å². The molecule has 1 aliphatic rings. The molecule has 1 heterocycles. The van der Waals surface area contributed by atoms with Gasteiger partial charge in [0.15, 0.2) is 0 Å². The van der Waals surface area contributed by atoms with Gasteiger partial charge in [-0.2, -0.15) is 0 Å². The van der Waals surface area contributed by atoms with Gasteiger partial charge in [-0.3, -0.25) is 9.69 Å². The number of likely N-dealkylation sites (tertiary alicyclic amines) is 1. The van der Waals surface area contributed by atoms with E-state index in [4.69, 9.17) is 5.73 Å². The summed E-state index contributed by atoms with van der Waals surface area (Å²) in [5.41, 5.74) is 7.43. The van der Waals surface area contributed by atoms with E-state index >= 15 is 0 Å². The molecule has 1 aromatic carbocycles. The molecule has 5 heteroatoms. The highest BCUT2D eigenvalue weighted by Gasteiger charge is 2.35. The van der Waals surface area contributed by atoms with E-state index < -0.39 is 5.60 Å². The van der Waals surface area contributed by atoms with Crippen molar-refractivity contribution in [2.24, 2.45) is 0 Å². The molecule has 1 amide bonds. The third-order valence-electron chi connectivity index (χ3n) is 4.04. The molecule has 110 valence electrons. The monoisotopic (exact) mass is 277 g/mol. The standard InChI is InChI=1S/C15H23N3O2/c1-10-12(16)5-4-6-13(10)17-14(19)11(2)18-8-7-15(3,20)9-18/h4-6,11,20H,7-9,16H2,1-3H3,(H,17,19). The number of nitrogens with zero attached hydrogens (tertiary/aromatic N) is 1. The summed E-state index contributed by atoms with van der Waals surface area (Å²) >= 11 is 0. The van der Waals surface area contributed by atoms with Crippen molar-refractivity contribution in [1.29, 1.82) is 0 Å². The second kappa shape index (κ2) is 5.42. The highest BCUT2D eigenvalue weighted by Crippen LogP contribution is 2.24. The van der Waals surface area contributed by atoms with Gasteiger partial charge in [-0.1, -0.05) is 6.07 Å². The zero-order valence-corrected chi connectivity index (χ0v) is 12.3. The topological polar surface area (TPSA) is 78.6 Å². The molecule has 1 fully saturated rings. The molecule has 2 atom stereocenters. The first-order chi connectivity index (χ1) is 9.30. The van der Waals surface area contributed by atoms with Gasteiger partial charge in [0.1, 0.15) is 0 Å². The fourth-order valence-electron chi connectivity index (χ4n) is 2.50. The lowest BCUT2D eigenvalue weighted by molar-refractivity contribution is -0.120. The molecule has 0 spiro atoms. The number of hydrogen-bond donors (Lipinski definition) is 3. The molecule has 2 unspecified atom stereocenters. The third-order valence-corrected chi connectivity index (χ3v) is 4.04. The summed E-state index contributed by atoms with van der Waals surface area (Å²) in [4.78, 5) is 14.3. The number of amides is 1. The van der Waals surface area contributed by atoms with E-state index in [0.29, 0.717) is 18.7 Å². The van der Waals surface area contributed by atoms with E-state index in [1.165, 1.54) is 0 Å². The van der Waals surface area contributed by atoms with Gasteiger partial charge in [-0.05, 0) is 44.9 Å². The largest absolute Gasteiger partial charge is 0.398 e. The molecular weight excluding hydrogens is 254 g/mol. The first-order valence-corrected chi connectivity index (χ1v) is 6.92. The molecule has 1 aliphatic heterocycles. The average Bonchev–Trinajstić information content (AvgIpc) is 2.74. The normalized spacial score (nSPS) is 24.6. The first kappa shape index (κ1) is 14.8. The van der Waals surface area contributed by atoms with Gasteiger partial charge in [-0.15, -0.1) is 0 Å².